The van der Waals surface area contributed by atoms with E-state index < -0.39 is 11.6 Å². The second-order valence-electron chi connectivity index (χ2n) is 9.05. The Kier molecular flexibility index (Phi) is 5.77. The lowest BCUT2D eigenvalue weighted by Gasteiger charge is -2.28. The lowest BCUT2D eigenvalue weighted by atomic mass is 9.84. The Balaban J connectivity index is 1.63. The number of anilines is 1. The third-order valence-corrected chi connectivity index (χ3v) is 5.79. The van der Waals surface area contributed by atoms with E-state index in [-0.39, 0.29) is 23.8 Å². The number of benzene rings is 1. The van der Waals surface area contributed by atoms with Crippen molar-refractivity contribution in [1.29, 1.82) is 0 Å². The predicted octanol–water partition coefficient (Wildman–Crippen LogP) is 3.96. The summed E-state index contributed by atoms with van der Waals surface area (Å²) in [6, 6.07) is 7.20. The van der Waals surface area contributed by atoms with Crippen LogP contribution in [0.25, 0.3) is 0 Å². The number of urea groups is 1. The summed E-state index contributed by atoms with van der Waals surface area (Å²) in [7, 11) is 0. The second kappa shape index (κ2) is 7.94. The minimum Gasteiger partial charge on any atom is -0.325 e. The van der Waals surface area contributed by atoms with Crippen LogP contribution in [0.2, 0.25) is 0 Å². The van der Waals surface area contributed by atoms with Crippen molar-refractivity contribution in [2.24, 2.45) is 0 Å². The quantitative estimate of drug-likeness (QED) is 0.773. The van der Waals surface area contributed by atoms with E-state index in [2.05, 4.69) is 31.4 Å². The fourth-order valence-electron chi connectivity index (χ4n) is 4.07. The number of hydrogen-bond donors (Lipinski definition) is 2. The molecule has 1 heterocycles. The van der Waals surface area contributed by atoms with Gasteiger partial charge >= 0.3 is 6.03 Å². The van der Waals surface area contributed by atoms with Crippen molar-refractivity contribution in [3.05, 3.63) is 29.8 Å². The van der Waals surface area contributed by atoms with Crippen LogP contribution in [0.1, 0.15) is 71.3 Å². The van der Waals surface area contributed by atoms with Crippen LogP contribution >= 0.6 is 0 Å². The van der Waals surface area contributed by atoms with Crippen molar-refractivity contribution in [1.82, 2.24) is 10.2 Å². The van der Waals surface area contributed by atoms with Gasteiger partial charge in [0.25, 0.3) is 5.91 Å². The smallest absolute Gasteiger partial charge is 0.325 e. The van der Waals surface area contributed by atoms with Crippen molar-refractivity contribution < 1.29 is 14.4 Å². The highest BCUT2D eigenvalue weighted by Crippen LogP contribution is 2.32. The van der Waals surface area contributed by atoms with Crippen molar-refractivity contribution in [2.45, 2.75) is 76.7 Å². The fraction of sp³-hybridized carbons (Fsp3) is 0.591. The van der Waals surface area contributed by atoms with Crippen molar-refractivity contribution >= 4 is 23.5 Å². The van der Waals surface area contributed by atoms with Crippen LogP contribution in [-0.2, 0) is 15.0 Å². The van der Waals surface area contributed by atoms with Crippen LogP contribution in [0.4, 0.5) is 10.5 Å². The Labute approximate surface area is 167 Å². The van der Waals surface area contributed by atoms with E-state index in [0.29, 0.717) is 18.5 Å². The van der Waals surface area contributed by atoms with Gasteiger partial charge in [0.15, 0.2) is 0 Å². The summed E-state index contributed by atoms with van der Waals surface area (Å²) < 4.78 is 0. The summed E-state index contributed by atoms with van der Waals surface area (Å²) in [5.41, 5.74) is 1.05. The maximum Gasteiger partial charge on any atom is 0.325 e. The standard InChI is InChI=1S/C22H31N3O3/c1-21(2,3)16-9-11-17(12-10-16)23-18(26)15-25-19(27)22(24-20(25)28)13-7-5-4-6-8-14-22/h9-12H,4-8,13-15H2,1-3H3,(H,23,26)(H,24,28). The average Bonchev–Trinajstić information content (AvgIpc) is 2.83. The molecule has 0 radical (unpaired) electrons. The Morgan fingerprint density at radius 2 is 1.61 bits per heavy atom. The number of nitrogens with zero attached hydrogens (tertiary/aromatic N) is 1. The molecule has 2 aliphatic rings. The molecular formula is C22H31N3O3. The summed E-state index contributed by atoms with van der Waals surface area (Å²) in [5.74, 6) is -0.618. The zero-order chi connectivity index (χ0) is 20.4. The van der Waals surface area contributed by atoms with Crippen LogP contribution in [0, 0.1) is 0 Å². The minimum absolute atomic E-state index is 0.0362. The summed E-state index contributed by atoms with van der Waals surface area (Å²) in [6.45, 7) is 6.13. The zero-order valence-electron chi connectivity index (χ0n) is 17.1. The van der Waals surface area contributed by atoms with Crippen molar-refractivity contribution in [3.63, 3.8) is 0 Å². The van der Waals surface area contributed by atoms with Gasteiger partial charge in [-0.25, -0.2) is 4.79 Å². The van der Waals surface area contributed by atoms with E-state index in [1.165, 1.54) is 12.0 Å². The Morgan fingerprint density at radius 3 is 2.18 bits per heavy atom. The molecule has 1 aliphatic heterocycles. The third-order valence-electron chi connectivity index (χ3n) is 5.79. The van der Waals surface area contributed by atoms with Gasteiger partial charge in [0.2, 0.25) is 5.91 Å². The highest BCUT2D eigenvalue weighted by molar-refractivity contribution is 6.10. The van der Waals surface area contributed by atoms with Crippen molar-refractivity contribution in [2.75, 3.05) is 11.9 Å². The Bertz CT molecular complexity index is 741. The van der Waals surface area contributed by atoms with Gasteiger partial charge < -0.3 is 10.6 Å². The maximum atomic E-state index is 13.0. The van der Waals surface area contributed by atoms with Crippen molar-refractivity contribution in [3.8, 4) is 0 Å². The molecule has 1 aliphatic carbocycles. The van der Waals surface area contributed by atoms with Gasteiger partial charge in [0.05, 0.1) is 0 Å². The summed E-state index contributed by atoms with van der Waals surface area (Å²) in [6.07, 6.45) is 6.50. The molecule has 6 nitrogen and oxygen atoms in total. The molecule has 1 aromatic rings. The number of imide groups is 1. The molecule has 1 saturated carbocycles. The zero-order valence-corrected chi connectivity index (χ0v) is 17.1. The summed E-state index contributed by atoms with van der Waals surface area (Å²) in [5, 5.41) is 5.68. The van der Waals surface area contributed by atoms with E-state index in [0.717, 1.165) is 30.6 Å². The number of carbonyl (C=O) groups excluding carboxylic acids is 3. The molecule has 152 valence electrons. The molecule has 0 atom stereocenters. The number of rotatable bonds is 3. The van der Waals surface area contributed by atoms with E-state index in [1.54, 1.807) is 0 Å². The first-order valence-electron chi connectivity index (χ1n) is 10.3. The van der Waals surface area contributed by atoms with Crippen LogP contribution < -0.4 is 10.6 Å². The molecule has 1 saturated heterocycles. The molecule has 0 bridgehead atoms. The first kappa shape index (κ1) is 20.4. The van der Waals surface area contributed by atoms with Crippen LogP contribution in [0.5, 0.6) is 0 Å². The number of nitrogens with one attached hydrogen (secondary N) is 2. The van der Waals surface area contributed by atoms with Gasteiger partial charge in [-0.2, -0.15) is 0 Å². The van der Waals surface area contributed by atoms with E-state index in [4.69, 9.17) is 0 Å². The average molecular weight is 386 g/mol. The summed E-state index contributed by atoms with van der Waals surface area (Å²) in [4.78, 5) is 38.9. The molecule has 4 amide bonds. The number of hydrogen-bond acceptors (Lipinski definition) is 3. The number of amides is 4. The minimum atomic E-state index is -0.813. The van der Waals surface area contributed by atoms with Gasteiger partial charge in [-0.3, -0.25) is 14.5 Å². The van der Waals surface area contributed by atoms with Gasteiger partial charge in [0, 0.05) is 5.69 Å². The van der Waals surface area contributed by atoms with Gasteiger partial charge in [-0.1, -0.05) is 65.0 Å². The first-order valence-corrected chi connectivity index (χ1v) is 10.3. The summed E-state index contributed by atoms with van der Waals surface area (Å²) >= 11 is 0. The Hall–Kier alpha value is -2.37. The molecule has 1 spiro atoms. The topological polar surface area (TPSA) is 78.5 Å². The molecule has 0 unspecified atom stereocenters. The highest BCUT2D eigenvalue weighted by atomic mass is 16.2. The lowest BCUT2D eigenvalue weighted by molar-refractivity contribution is -0.134. The predicted molar refractivity (Wildman–Crippen MR) is 109 cm³/mol. The van der Waals surface area contributed by atoms with Gasteiger partial charge in [-0.15, -0.1) is 0 Å². The lowest BCUT2D eigenvalue weighted by Crippen LogP contribution is -2.47. The fourth-order valence-corrected chi connectivity index (χ4v) is 4.07. The van der Waals surface area contributed by atoms with Crippen LogP contribution in [-0.4, -0.2) is 34.8 Å². The maximum absolute atomic E-state index is 13.0. The molecule has 0 aromatic heterocycles. The van der Waals surface area contributed by atoms with E-state index in [9.17, 15) is 14.4 Å². The SMILES string of the molecule is CC(C)(C)c1ccc(NC(=O)CN2C(=O)NC3(CCCCCCC3)C2=O)cc1. The highest BCUT2D eigenvalue weighted by Gasteiger charge is 2.50. The molecule has 6 heteroatoms. The molecule has 2 fully saturated rings. The third kappa shape index (κ3) is 4.37. The second-order valence-corrected chi connectivity index (χ2v) is 9.05. The monoisotopic (exact) mass is 385 g/mol. The molecule has 28 heavy (non-hydrogen) atoms. The normalized spacial score (nSPS) is 19.9. The van der Waals surface area contributed by atoms with E-state index >= 15 is 0 Å². The molecule has 2 N–H and O–H groups in total. The van der Waals surface area contributed by atoms with Gasteiger partial charge in [0.1, 0.15) is 12.1 Å². The van der Waals surface area contributed by atoms with E-state index in [1.807, 2.05) is 24.3 Å². The molecular weight excluding hydrogens is 354 g/mol. The number of carbonyl (C=O) groups is 3. The first-order chi connectivity index (χ1) is 13.2. The largest absolute Gasteiger partial charge is 0.325 e. The van der Waals surface area contributed by atoms with Crippen LogP contribution in [0.3, 0.4) is 0 Å². The molecule has 1 aromatic carbocycles. The Morgan fingerprint density at radius 1 is 1.04 bits per heavy atom. The molecule has 3 rings (SSSR count). The van der Waals surface area contributed by atoms with Crippen LogP contribution in [0.15, 0.2) is 24.3 Å². The van der Waals surface area contributed by atoms with Gasteiger partial charge in [-0.05, 0) is 36.0 Å².